The number of aromatic amines is 1. The molecule has 0 aliphatic carbocycles. The van der Waals surface area contributed by atoms with E-state index >= 15 is 0 Å². The fraction of sp³-hybridized carbons (Fsp3) is 0.471. The van der Waals surface area contributed by atoms with E-state index in [1.807, 2.05) is 30.5 Å². The van der Waals surface area contributed by atoms with Gasteiger partial charge in [0.25, 0.3) is 5.91 Å². The van der Waals surface area contributed by atoms with Crippen LogP contribution in [0, 0.1) is 0 Å². The fourth-order valence-corrected chi connectivity index (χ4v) is 3.16. The molecule has 1 amide bonds. The van der Waals surface area contributed by atoms with Crippen molar-refractivity contribution in [3.05, 3.63) is 36.0 Å². The number of likely N-dealkylation sites (tertiary alicyclic amines) is 1. The lowest BCUT2D eigenvalue weighted by atomic mass is 10.0. The summed E-state index contributed by atoms with van der Waals surface area (Å²) in [7, 11) is 0. The molecule has 2 aromatic rings. The fourth-order valence-electron chi connectivity index (χ4n) is 3.16. The van der Waals surface area contributed by atoms with Gasteiger partial charge >= 0.3 is 0 Å². The minimum absolute atomic E-state index is 0.0501. The van der Waals surface area contributed by atoms with Gasteiger partial charge in [0.05, 0.1) is 0 Å². The molecule has 0 bridgehead atoms. The average Bonchev–Trinajstić information content (AvgIpc) is 2.98. The van der Waals surface area contributed by atoms with Crippen molar-refractivity contribution >= 4 is 16.8 Å². The third-order valence-corrected chi connectivity index (χ3v) is 4.30. The normalized spacial score (nSPS) is 17.2. The Morgan fingerprint density at radius 3 is 2.90 bits per heavy atom. The summed E-state index contributed by atoms with van der Waals surface area (Å²) >= 11 is 0. The van der Waals surface area contributed by atoms with Crippen LogP contribution in [0.1, 0.15) is 36.5 Å². The molecule has 4 nitrogen and oxygen atoms in total. The van der Waals surface area contributed by atoms with Crippen molar-refractivity contribution in [1.82, 2.24) is 15.2 Å². The van der Waals surface area contributed by atoms with Gasteiger partial charge in [-0.05, 0) is 44.0 Å². The van der Waals surface area contributed by atoms with Crippen molar-refractivity contribution in [1.29, 1.82) is 0 Å². The van der Waals surface area contributed by atoms with Gasteiger partial charge in [0.2, 0.25) is 0 Å². The maximum absolute atomic E-state index is 12.5. The van der Waals surface area contributed by atoms with Crippen LogP contribution >= 0.6 is 0 Å². The Morgan fingerprint density at radius 1 is 1.33 bits per heavy atom. The van der Waals surface area contributed by atoms with Gasteiger partial charge in [-0.15, -0.1) is 0 Å². The Bertz CT molecular complexity index is 611. The molecule has 0 radical (unpaired) electrons. The van der Waals surface area contributed by atoms with Gasteiger partial charge < -0.3 is 15.2 Å². The monoisotopic (exact) mass is 285 g/mol. The Balaban J connectivity index is 1.63. The number of piperidine rings is 1. The number of nitrogens with zero attached hydrogens (tertiary/aromatic N) is 1. The van der Waals surface area contributed by atoms with E-state index in [1.165, 1.54) is 13.0 Å². The number of benzene rings is 1. The molecule has 1 aromatic heterocycles. The molecule has 0 atom stereocenters. The number of rotatable bonds is 4. The lowest BCUT2D eigenvalue weighted by Crippen LogP contribution is -2.44. The van der Waals surface area contributed by atoms with Crippen molar-refractivity contribution < 1.29 is 4.79 Å². The van der Waals surface area contributed by atoms with Crippen molar-refractivity contribution in [3.63, 3.8) is 0 Å². The Hall–Kier alpha value is -1.81. The largest absolute Gasteiger partial charge is 0.361 e. The van der Waals surface area contributed by atoms with E-state index in [-0.39, 0.29) is 5.91 Å². The van der Waals surface area contributed by atoms with Gasteiger partial charge in [-0.25, -0.2) is 0 Å². The number of carbonyl (C=O) groups is 1. The number of aromatic nitrogens is 1. The molecule has 21 heavy (non-hydrogen) atoms. The Labute approximate surface area is 125 Å². The standard InChI is InChI=1S/C17H23N3O/c1-2-10-20-11-7-13(8-12-20)19-17(21)15-4-3-5-16-14(15)6-9-18-16/h3-6,9,13,18H,2,7-8,10-12H2,1H3,(H,19,21). The maximum Gasteiger partial charge on any atom is 0.252 e. The molecular formula is C17H23N3O. The molecule has 1 aliphatic heterocycles. The zero-order valence-corrected chi connectivity index (χ0v) is 12.6. The van der Waals surface area contributed by atoms with Gasteiger partial charge in [-0.1, -0.05) is 13.0 Å². The molecule has 0 spiro atoms. The van der Waals surface area contributed by atoms with E-state index in [1.54, 1.807) is 0 Å². The number of amides is 1. The zero-order valence-electron chi connectivity index (χ0n) is 12.6. The Kier molecular flexibility index (Phi) is 4.25. The van der Waals surface area contributed by atoms with Gasteiger partial charge in [0.15, 0.2) is 0 Å². The van der Waals surface area contributed by atoms with Crippen LogP contribution in [0.4, 0.5) is 0 Å². The lowest BCUT2D eigenvalue weighted by molar-refractivity contribution is 0.0913. The molecule has 0 saturated carbocycles. The summed E-state index contributed by atoms with van der Waals surface area (Å²) < 4.78 is 0. The van der Waals surface area contributed by atoms with E-state index in [2.05, 4.69) is 22.1 Å². The van der Waals surface area contributed by atoms with Crippen molar-refractivity contribution in [3.8, 4) is 0 Å². The first-order chi connectivity index (χ1) is 10.3. The summed E-state index contributed by atoms with van der Waals surface area (Å²) in [4.78, 5) is 18.1. The molecule has 2 N–H and O–H groups in total. The third kappa shape index (κ3) is 3.10. The van der Waals surface area contributed by atoms with Gasteiger partial charge in [0, 0.05) is 41.8 Å². The van der Waals surface area contributed by atoms with Crippen LogP contribution in [-0.4, -0.2) is 41.5 Å². The minimum Gasteiger partial charge on any atom is -0.361 e. The second kappa shape index (κ2) is 6.31. The van der Waals surface area contributed by atoms with Crippen molar-refractivity contribution in [2.24, 2.45) is 0 Å². The third-order valence-electron chi connectivity index (χ3n) is 4.30. The smallest absolute Gasteiger partial charge is 0.252 e. The number of carbonyl (C=O) groups excluding carboxylic acids is 1. The molecule has 1 saturated heterocycles. The second-order valence-electron chi connectivity index (χ2n) is 5.83. The summed E-state index contributed by atoms with van der Waals surface area (Å²) in [6.45, 7) is 5.56. The summed E-state index contributed by atoms with van der Waals surface area (Å²) in [6.07, 6.45) is 5.18. The average molecular weight is 285 g/mol. The SMILES string of the molecule is CCCN1CCC(NC(=O)c2cccc3[nH]ccc23)CC1. The van der Waals surface area contributed by atoms with Crippen molar-refractivity contribution in [2.45, 2.75) is 32.2 Å². The second-order valence-corrected chi connectivity index (χ2v) is 5.83. The minimum atomic E-state index is 0.0501. The van der Waals surface area contributed by atoms with Crippen LogP contribution in [0.2, 0.25) is 0 Å². The van der Waals surface area contributed by atoms with E-state index in [9.17, 15) is 4.79 Å². The van der Waals surface area contributed by atoms with E-state index in [0.29, 0.717) is 6.04 Å². The highest BCUT2D eigenvalue weighted by atomic mass is 16.1. The van der Waals surface area contributed by atoms with Crippen LogP contribution in [0.5, 0.6) is 0 Å². The summed E-state index contributed by atoms with van der Waals surface area (Å²) in [5.74, 6) is 0.0501. The first kappa shape index (κ1) is 14.1. The van der Waals surface area contributed by atoms with Crippen LogP contribution in [-0.2, 0) is 0 Å². The maximum atomic E-state index is 12.5. The highest BCUT2D eigenvalue weighted by molar-refractivity contribution is 6.06. The highest BCUT2D eigenvalue weighted by Crippen LogP contribution is 2.18. The summed E-state index contributed by atoms with van der Waals surface area (Å²) in [5.41, 5.74) is 1.78. The lowest BCUT2D eigenvalue weighted by Gasteiger charge is -2.32. The molecule has 1 aromatic carbocycles. The number of hydrogen-bond donors (Lipinski definition) is 2. The van der Waals surface area contributed by atoms with E-state index in [4.69, 9.17) is 0 Å². The molecular weight excluding hydrogens is 262 g/mol. The Morgan fingerprint density at radius 2 is 2.14 bits per heavy atom. The molecule has 1 aliphatic rings. The van der Waals surface area contributed by atoms with Gasteiger partial charge in [0.1, 0.15) is 0 Å². The number of H-pyrrole nitrogens is 1. The number of nitrogens with one attached hydrogen (secondary N) is 2. The van der Waals surface area contributed by atoms with Crippen molar-refractivity contribution in [2.75, 3.05) is 19.6 Å². The van der Waals surface area contributed by atoms with E-state index in [0.717, 1.165) is 42.4 Å². The van der Waals surface area contributed by atoms with Crippen LogP contribution < -0.4 is 5.32 Å². The van der Waals surface area contributed by atoms with Gasteiger partial charge in [-0.3, -0.25) is 4.79 Å². The summed E-state index contributed by atoms with van der Waals surface area (Å²) in [5, 5.41) is 4.20. The topological polar surface area (TPSA) is 48.1 Å². The quantitative estimate of drug-likeness (QED) is 0.907. The van der Waals surface area contributed by atoms with Crippen LogP contribution in [0.3, 0.4) is 0 Å². The van der Waals surface area contributed by atoms with Crippen LogP contribution in [0.25, 0.3) is 10.9 Å². The molecule has 112 valence electrons. The van der Waals surface area contributed by atoms with Gasteiger partial charge in [-0.2, -0.15) is 0 Å². The highest BCUT2D eigenvalue weighted by Gasteiger charge is 2.21. The molecule has 2 heterocycles. The molecule has 3 rings (SSSR count). The number of fused-ring (bicyclic) bond motifs is 1. The predicted octanol–water partition coefficient (Wildman–Crippen LogP) is 2.77. The first-order valence-corrected chi connectivity index (χ1v) is 7.87. The first-order valence-electron chi connectivity index (χ1n) is 7.87. The molecule has 1 fully saturated rings. The summed E-state index contributed by atoms with van der Waals surface area (Å²) in [6, 6.07) is 8.10. The van der Waals surface area contributed by atoms with Crippen LogP contribution in [0.15, 0.2) is 30.5 Å². The number of hydrogen-bond acceptors (Lipinski definition) is 2. The molecule has 4 heteroatoms. The van der Waals surface area contributed by atoms with E-state index < -0.39 is 0 Å². The molecule has 0 unspecified atom stereocenters. The predicted molar refractivity (Wildman–Crippen MR) is 85.5 cm³/mol. The zero-order chi connectivity index (χ0) is 14.7.